The van der Waals surface area contributed by atoms with Crippen molar-refractivity contribution in [3.8, 4) is 0 Å². The van der Waals surface area contributed by atoms with Crippen molar-refractivity contribution in [1.82, 2.24) is 29.8 Å². The van der Waals surface area contributed by atoms with Crippen molar-refractivity contribution >= 4 is 29.3 Å². The lowest BCUT2D eigenvalue weighted by atomic mass is 10.0. The fourth-order valence-corrected chi connectivity index (χ4v) is 5.95. The maximum absolute atomic E-state index is 14.3. The van der Waals surface area contributed by atoms with Gasteiger partial charge in [0, 0.05) is 37.8 Å². The number of nitrogens with zero attached hydrogens (tertiary/aromatic N) is 8. The minimum atomic E-state index is -0.340. The van der Waals surface area contributed by atoms with Crippen LogP contribution in [0.3, 0.4) is 0 Å². The lowest BCUT2D eigenvalue weighted by Crippen LogP contribution is -2.56. The molecule has 3 aliphatic heterocycles. The van der Waals surface area contributed by atoms with E-state index in [-0.39, 0.29) is 17.9 Å². The number of benzene rings is 2. The van der Waals surface area contributed by atoms with Crippen LogP contribution in [0.25, 0.3) is 0 Å². The van der Waals surface area contributed by atoms with Crippen LogP contribution in [0.1, 0.15) is 36.0 Å². The van der Waals surface area contributed by atoms with Crippen LogP contribution in [0, 0.1) is 0 Å². The average molecular weight is 557 g/mol. The number of piperidine rings is 1. The lowest BCUT2D eigenvalue weighted by Gasteiger charge is -2.38. The number of urea groups is 1. The predicted molar refractivity (Wildman–Crippen MR) is 155 cm³/mol. The second kappa shape index (κ2) is 12.7. The second-order valence-corrected chi connectivity index (χ2v) is 10.6. The fourth-order valence-electron chi connectivity index (χ4n) is 5.95. The number of rotatable bonds is 6. The smallest absolute Gasteiger partial charge is 0.351 e. The number of morpholine rings is 1. The molecule has 3 saturated heterocycles. The van der Waals surface area contributed by atoms with E-state index in [2.05, 4.69) is 19.9 Å². The van der Waals surface area contributed by atoms with Crippen LogP contribution >= 0.6 is 0 Å². The quantitative estimate of drug-likeness (QED) is 0.455. The summed E-state index contributed by atoms with van der Waals surface area (Å²) in [4.78, 5) is 46.4. The number of amides is 3. The van der Waals surface area contributed by atoms with Crippen LogP contribution in [0.5, 0.6) is 0 Å². The predicted octanol–water partition coefficient (Wildman–Crippen LogP) is 3.58. The molecule has 1 aromatic heterocycles. The Morgan fingerprint density at radius 3 is 2.07 bits per heavy atom. The molecule has 41 heavy (non-hydrogen) atoms. The topological polar surface area (TPSA) is 98.2 Å². The van der Waals surface area contributed by atoms with Gasteiger partial charge in [-0.3, -0.25) is 9.69 Å². The van der Waals surface area contributed by atoms with Crippen LogP contribution in [0.4, 0.5) is 22.1 Å². The molecule has 3 amide bonds. The number of carbonyl (C=O) groups excluding carboxylic acids is 2. The van der Waals surface area contributed by atoms with E-state index in [1.807, 2.05) is 64.5 Å². The highest BCUT2D eigenvalue weighted by atomic mass is 16.5. The van der Waals surface area contributed by atoms with Gasteiger partial charge in [0.15, 0.2) is 0 Å². The first kappa shape index (κ1) is 27.3. The van der Waals surface area contributed by atoms with Crippen LogP contribution in [0.2, 0.25) is 0 Å². The minimum Gasteiger partial charge on any atom is -0.379 e. The molecule has 3 fully saturated rings. The summed E-state index contributed by atoms with van der Waals surface area (Å²) in [5.41, 5.74) is 1.95. The van der Waals surface area contributed by atoms with Crippen molar-refractivity contribution in [2.24, 2.45) is 0 Å². The lowest BCUT2D eigenvalue weighted by molar-refractivity contribution is 0.0357. The molecule has 0 radical (unpaired) electrons. The van der Waals surface area contributed by atoms with Crippen molar-refractivity contribution in [3.05, 3.63) is 72.8 Å². The van der Waals surface area contributed by atoms with Crippen LogP contribution in [0.15, 0.2) is 67.3 Å². The molecular weight excluding hydrogens is 520 g/mol. The van der Waals surface area contributed by atoms with Gasteiger partial charge in [0.05, 0.1) is 24.6 Å². The molecule has 3 aromatic rings. The Balaban J connectivity index is 1.24. The zero-order valence-corrected chi connectivity index (χ0v) is 23.2. The minimum absolute atomic E-state index is 0.0362. The van der Waals surface area contributed by atoms with Gasteiger partial charge in [0.1, 0.15) is 12.7 Å². The van der Waals surface area contributed by atoms with E-state index < -0.39 is 0 Å². The van der Waals surface area contributed by atoms with E-state index in [0.717, 1.165) is 25.9 Å². The maximum atomic E-state index is 14.3. The summed E-state index contributed by atoms with van der Waals surface area (Å²) >= 11 is 0. The molecule has 0 aliphatic carbocycles. The Bertz CT molecular complexity index is 1290. The van der Waals surface area contributed by atoms with E-state index in [0.29, 0.717) is 49.3 Å². The van der Waals surface area contributed by atoms with Gasteiger partial charge >= 0.3 is 6.03 Å². The SMILES string of the molecule is O=C(c1ccc(N(C(=O)N(c2ncncn2)N2CCOCC2)c2ccccc2)cc1)N1CCC(N2CCCC2)CC1. The summed E-state index contributed by atoms with van der Waals surface area (Å²) in [6.07, 6.45) is 7.37. The molecule has 0 saturated carbocycles. The van der Waals surface area contributed by atoms with Crippen molar-refractivity contribution in [2.45, 2.75) is 31.7 Å². The third-order valence-corrected chi connectivity index (χ3v) is 8.11. The van der Waals surface area contributed by atoms with Crippen molar-refractivity contribution in [3.63, 3.8) is 0 Å². The molecule has 11 nitrogen and oxygen atoms in total. The molecule has 11 heteroatoms. The summed E-state index contributed by atoms with van der Waals surface area (Å²) < 4.78 is 5.53. The Morgan fingerprint density at radius 2 is 1.41 bits per heavy atom. The number of anilines is 3. The van der Waals surface area contributed by atoms with Gasteiger partial charge in [-0.05, 0) is 75.2 Å². The van der Waals surface area contributed by atoms with E-state index in [1.165, 1.54) is 43.6 Å². The third kappa shape index (κ3) is 6.07. The van der Waals surface area contributed by atoms with Crippen LogP contribution in [-0.2, 0) is 4.74 Å². The highest BCUT2D eigenvalue weighted by Gasteiger charge is 2.33. The Hall–Kier alpha value is -3.93. The largest absolute Gasteiger partial charge is 0.379 e. The van der Waals surface area contributed by atoms with E-state index in [4.69, 9.17) is 4.74 Å². The normalized spacial score (nSPS) is 18.8. The van der Waals surface area contributed by atoms with Gasteiger partial charge in [-0.2, -0.15) is 15.0 Å². The molecule has 0 bridgehead atoms. The number of para-hydroxylation sites is 1. The van der Waals surface area contributed by atoms with E-state index in [1.54, 1.807) is 4.90 Å². The first-order valence-electron chi connectivity index (χ1n) is 14.5. The average Bonchev–Trinajstić information content (AvgIpc) is 3.58. The first-order valence-corrected chi connectivity index (χ1v) is 14.5. The maximum Gasteiger partial charge on any atom is 0.351 e. The molecule has 4 heterocycles. The van der Waals surface area contributed by atoms with Gasteiger partial charge in [0.2, 0.25) is 0 Å². The highest BCUT2D eigenvalue weighted by molar-refractivity contribution is 6.07. The summed E-state index contributed by atoms with van der Waals surface area (Å²) in [6.45, 7) is 5.94. The highest BCUT2D eigenvalue weighted by Crippen LogP contribution is 2.30. The Morgan fingerprint density at radius 1 is 0.780 bits per heavy atom. The number of aromatic nitrogens is 3. The molecule has 0 spiro atoms. The van der Waals surface area contributed by atoms with Crippen molar-refractivity contribution in [2.75, 3.05) is 62.4 Å². The Labute approximate surface area is 240 Å². The molecule has 2 aromatic carbocycles. The van der Waals surface area contributed by atoms with E-state index in [9.17, 15) is 9.59 Å². The third-order valence-electron chi connectivity index (χ3n) is 8.11. The number of hydrazine groups is 1. The molecule has 6 rings (SSSR count). The van der Waals surface area contributed by atoms with Crippen molar-refractivity contribution in [1.29, 1.82) is 0 Å². The molecule has 0 unspecified atom stereocenters. The zero-order valence-electron chi connectivity index (χ0n) is 23.2. The number of likely N-dealkylation sites (tertiary alicyclic amines) is 2. The number of carbonyl (C=O) groups is 2. The van der Waals surface area contributed by atoms with Gasteiger partial charge in [-0.25, -0.2) is 14.8 Å². The fraction of sp³-hybridized carbons (Fsp3) is 0.433. The van der Waals surface area contributed by atoms with Gasteiger partial charge in [-0.15, -0.1) is 0 Å². The summed E-state index contributed by atoms with van der Waals surface area (Å²) in [5.74, 6) is 0.270. The number of hydrogen-bond acceptors (Lipinski definition) is 8. The zero-order chi connectivity index (χ0) is 28.0. The van der Waals surface area contributed by atoms with E-state index >= 15 is 0 Å². The number of hydrogen-bond donors (Lipinski definition) is 0. The summed E-state index contributed by atoms with van der Waals surface area (Å²) in [5, 5.41) is 3.38. The Kier molecular flexibility index (Phi) is 8.45. The molecule has 214 valence electrons. The number of ether oxygens (including phenoxy) is 1. The van der Waals surface area contributed by atoms with Crippen LogP contribution < -0.4 is 9.91 Å². The molecular formula is C30H36N8O3. The summed E-state index contributed by atoms with van der Waals surface area (Å²) in [6, 6.07) is 17.0. The monoisotopic (exact) mass is 556 g/mol. The standard InChI is InChI=1S/C30H36N8O3/c39-28(35-16-12-25(13-17-35)34-14-4-5-15-34)24-8-10-27(11-9-24)37(26-6-2-1-3-7-26)30(40)38(29-32-22-31-23-33-29)36-18-20-41-21-19-36/h1-3,6-11,22-23,25H,4-5,12-21H2. The molecule has 3 aliphatic rings. The molecule has 0 N–H and O–H groups in total. The second-order valence-electron chi connectivity index (χ2n) is 10.6. The van der Waals surface area contributed by atoms with Crippen LogP contribution in [-0.4, -0.2) is 100 Å². The van der Waals surface area contributed by atoms with Gasteiger partial charge in [-0.1, -0.05) is 18.2 Å². The van der Waals surface area contributed by atoms with Gasteiger partial charge < -0.3 is 14.5 Å². The first-order chi connectivity index (χ1) is 20.2. The molecule has 0 atom stereocenters. The summed E-state index contributed by atoms with van der Waals surface area (Å²) in [7, 11) is 0. The van der Waals surface area contributed by atoms with Crippen molar-refractivity contribution < 1.29 is 14.3 Å². The van der Waals surface area contributed by atoms with Gasteiger partial charge in [0.25, 0.3) is 11.9 Å².